The number of carboxylic acid groups (broad SMARTS) is 1. The van der Waals surface area contributed by atoms with Crippen molar-refractivity contribution in [3.8, 4) is 0 Å². The van der Waals surface area contributed by atoms with E-state index in [2.05, 4.69) is 10.5 Å². The van der Waals surface area contributed by atoms with Crippen molar-refractivity contribution in [2.75, 3.05) is 7.05 Å². The smallest absolute Gasteiger partial charge is 0.428 e. The summed E-state index contributed by atoms with van der Waals surface area (Å²) in [7, 11) is 1.42. The van der Waals surface area contributed by atoms with Gasteiger partial charge >= 0.3 is 12.1 Å². The molecule has 110 valence electrons. The quantitative estimate of drug-likeness (QED) is 0.581. The van der Waals surface area contributed by atoms with Gasteiger partial charge in [-0.3, -0.25) is 9.69 Å². The highest BCUT2D eigenvalue weighted by Crippen LogP contribution is 2.29. The highest BCUT2D eigenvalue weighted by Gasteiger charge is 2.31. The lowest BCUT2D eigenvalue weighted by Gasteiger charge is -2.18. The van der Waals surface area contributed by atoms with Crippen molar-refractivity contribution in [1.82, 2.24) is 10.3 Å². The Morgan fingerprint density at radius 3 is 2.55 bits per heavy atom. The molecular weight excluding hydrogens is 286 g/mol. The van der Waals surface area contributed by atoms with E-state index in [0.717, 1.165) is 22.7 Å². The predicted molar refractivity (Wildman–Crippen MR) is 72.9 cm³/mol. The molecule has 1 saturated heterocycles. The molecule has 2 amide bonds. The highest BCUT2D eigenvalue weighted by molar-refractivity contribution is 8.18. The summed E-state index contributed by atoms with van der Waals surface area (Å²) in [6, 6.07) is 0. The zero-order chi connectivity index (χ0) is 15.5. The van der Waals surface area contributed by atoms with E-state index >= 15 is 0 Å². The van der Waals surface area contributed by atoms with Crippen LogP contribution in [0.15, 0.2) is 16.1 Å². The van der Waals surface area contributed by atoms with E-state index in [0.29, 0.717) is 0 Å². The van der Waals surface area contributed by atoms with E-state index in [1.54, 1.807) is 20.8 Å². The third kappa shape index (κ3) is 4.57. The molecule has 0 bridgehead atoms. The second kappa shape index (κ2) is 5.95. The Bertz CT molecular complexity index is 507. The van der Waals surface area contributed by atoms with Crippen molar-refractivity contribution < 1.29 is 24.2 Å². The van der Waals surface area contributed by atoms with E-state index < -0.39 is 23.6 Å². The molecule has 0 unspecified atom stereocenters. The van der Waals surface area contributed by atoms with Crippen LogP contribution >= 0.6 is 11.8 Å². The van der Waals surface area contributed by atoms with Gasteiger partial charge in [0.25, 0.3) is 5.91 Å². The molecule has 0 aliphatic carbocycles. The summed E-state index contributed by atoms with van der Waals surface area (Å²) < 4.78 is 4.97. The summed E-state index contributed by atoms with van der Waals surface area (Å²) >= 11 is 0.852. The third-order valence-corrected chi connectivity index (χ3v) is 2.96. The first-order valence-electron chi connectivity index (χ1n) is 5.57. The van der Waals surface area contributed by atoms with Crippen LogP contribution in [0.2, 0.25) is 0 Å². The number of carboxylic acids is 1. The van der Waals surface area contributed by atoms with E-state index in [1.807, 2.05) is 0 Å². The molecule has 0 aromatic rings. The Balaban J connectivity index is 2.73. The van der Waals surface area contributed by atoms with Crippen LogP contribution in [-0.2, 0) is 14.3 Å². The van der Waals surface area contributed by atoms with Gasteiger partial charge in [0.2, 0.25) is 0 Å². The number of aliphatic carboxylic acids is 1. The van der Waals surface area contributed by atoms with Crippen LogP contribution in [0, 0.1) is 0 Å². The van der Waals surface area contributed by atoms with Gasteiger partial charge in [0, 0.05) is 13.1 Å². The molecule has 1 fully saturated rings. The number of hydrogen-bond donors (Lipinski definition) is 2. The monoisotopic (exact) mass is 301 g/mol. The zero-order valence-electron chi connectivity index (χ0n) is 11.5. The minimum atomic E-state index is -1.23. The number of amidine groups is 1. The number of carbonyl (C=O) groups excluding carboxylic acids is 2. The predicted octanol–water partition coefficient (Wildman–Crippen LogP) is 0.956. The van der Waals surface area contributed by atoms with Crippen molar-refractivity contribution in [3.05, 3.63) is 11.0 Å². The van der Waals surface area contributed by atoms with E-state index in [1.165, 1.54) is 7.05 Å². The summed E-state index contributed by atoms with van der Waals surface area (Å²) in [6.45, 7) is 5.11. The average molecular weight is 301 g/mol. The van der Waals surface area contributed by atoms with Crippen molar-refractivity contribution >= 4 is 34.9 Å². The fourth-order valence-corrected chi connectivity index (χ4v) is 2.05. The van der Waals surface area contributed by atoms with Crippen molar-refractivity contribution in [2.24, 2.45) is 5.10 Å². The maximum Gasteiger partial charge on any atom is 0.428 e. The lowest BCUT2D eigenvalue weighted by atomic mass is 10.2. The zero-order valence-corrected chi connectivity index (χ0v) is 12.3. The molecule has 0 aromatic carbocycles. The van der Waals surface area contributed by atoms with Gasteiger partial charge in [-0.1, -0.05) is 0 Å². The Morgan fingerprint density at radius 1 is 1.45 bits per heavy atom. The van der Waals surface area contributed by atoms with Gasteiger partial charge in [0.15, 0.2) is 5.17 Å². The second-order valence-electron chi connectivity index (χ2n) is 4.82. The average Bonchev–Trinajstić information content (AvgIpc) is 2.52. The second-order valence-corrected chi connectivity index (χ2v) is 5.83. The summed E-state index contributed by atoms with van der Waals surface area (Å²) in [6.07, 6.45) is 0.0292. The van der Waals surface area contributed by atoms with Gasteiger partial charge in [-0.05, 0) is 32.5 Å². The van der Waals surface area contributed by atoms with Crippen molar-refractivity contribution in [3.63, 3.8) is 0 Å². The summed E-state index contributed by atoms with van der Waals surface area (Å²) in [5.41, 5.74) is 1.48. The van der Waals surface area contributed by atoms with Crippen LogP contribution in [0.25, 0.3) is 0 Å². The highest BCUT2D eigenvalue weighted by atomic mass is 32.2. The molecular formula is C11H15N3O5S. The minimum Gasteiger partial charge on any atom is -0.478 e. The molecule has 0 radical (unpaired) electrons. The molecule has 2 N–H and O–H groups in total. The normalized spacial score (nSPS) is 19.6. The van der Waals surface area contributed by atoms with Crippen LogP contribution in [0.3, 0.4) is 0 Å². The van der Waals surface area contributed by atoms with E-state index in [-0.39, 0.29) is 10.1 Å². The number of carbonyl (C=O) groups is 3. The lowest BCUT2D eigenvalue weighted by molar-refractivity contribution is -0.132. The first kappa shape index (κ1) is 16.0. The van der Waals surface area contributed by atoms with Crippen LogP contribution in [-0.4, -0.2) is 45.8 Å². The molecule has 20 heavy (non-hydrogen) atoms. The number of amides is 2. The van der Waals surface area contributed by atoms with E-state index in [4.69, 9.17) is 9.84 Å². The molecule has 1 heterocycles. The molecule has 0 saturated carbocycles. The Morgan fingerprint density at radius 2 is 2.05 bits per heavy atom. The van der Waals surface area contributed by atoms with Gasteiger partial charge in [-0.25, -0.2) is 15.0 Å². The Labute approximate surface area is 119 Å². The van der Waals surface area contributed by atoms with Crippen molar-refractivity contribution in [2.45, 2.75) is 26.4 Å². The molecule has 1 rings (SSSR count). The molecule has 0 atom stereocenters. The Hall–Kier alpha value is -2.03. The standard InChI is InChI=1S/C11H15N3O5S/c1-11(2,3)19-10(18)13-12-9-14(4)8(17)6(20-9)5-7(15)16/h5H,1-4H3,(H,13,18)(H,15,16)/b6-5-,12-9-. The Kier molecular flexibility index (Phi) is 4.77. The topological polar surface area (TPSA) is 108 Å². The molecule has 0 spiro atoms. The number of ether oxygens (including phenoxy) is 1. The number of hydrogen-bond acceptors (Lipinski definition) is 6. The molecule has 9 heteroatoms. The number of nitrogens with zero attached hydrogens (tertiary/aromatic N) is 2. The van der Waals surface area contributed by atoms with Gasteiger partial charge in [0.1, 0.15) is 5.60 Å². The van der Waals surface area contributed by atoms with Crippen LogP contribution in [0.4, 0.5) is 4.79 Å². The number of hydrazone groups is 1. The third-order valence-electron chi connectivity index (χ3n) is 1.90. The summed E-state index contributed by atoms with van der Waals surface area (Å²) in [5.74, 6) is -1.72. The maximum absolute atomic E-state index is 11.7. The lowest BCUT2D eigenvalue weighted by Crippen LogP contribution is -2.32. The van der Waals surface area contributed by atoms with Crippen LogP contribution in [0.5, 0.6) is 0 Å². The molecule has 0 aromatic heterocycles. The largest absolute Gasteiger partial charge is 0.478 e. The number of likely N-dealkylation sites (N-methyl/N-ethyl adjacent to an activating group) is 1. The van der Waals surface area contributed by atoms with Gasteiger partial charge in [-0.2, -0.15) is 0 Å². The molecule has 8 nitrogen and oxygen atoms in total. The number of rotatable bonds is 2. The number of nitrogens with one attached hydrogen (secondary N) is 1. The summed E-state index contributed by atoms with van der Waals surface area (Å²) in [4.78, 5) is 34.8. The van der Waals surface area contributed by atoms with Gasteiger partial charge in [-0.15, -0.1) is 5.10 Å². The molecule has 1 aliphatic heterocycles. The van der Waals surface area contributed by atoms with Gasteiger partial charge < -0.3 is 9.84 Å². The van der Waals surface area contributed by atoms with E-state index in [9.17, 15) is 14.4 Å². The summed E-state index contributed by atoms with van der Waals surface area (Å²) in [5, 5.41) is 12.5. The fraction of sp³-hybridized carbons (Fsp3) is 0.455. The van der Waals surface area contributed by atoms with Crippen LogP contribution in [0.1, 0.15) is 20.8 Å². The first-order valence-corrected chi connectivity index (χ1v) is 6.39. The number of thioether (sulfide) groups is 1. The van der Waals surface area contributed by atoms with Crippen LogP contribution < -0.4 is 5.43 Å². The fourth-order valence-electron chi connectivity index (χ4n) is 1.16. The van der Waals surface area contributed by atoms with Crippen molar-refractivity contribution in [1.29, 1.82) is 0 Å². The molecule has 1 aliphatic rings. The SMILES string of the molecule is CN1C(=O)/C(=C/C(=O)O)S/C1=N\NC(=O)OC(C)(C)C. The first-order chi connectivity index (χ1) is 9.10. The minimum absolute atomic E-state index is 0.0183. The maximum atomic E-state index is 11.7. The van der Waals surface area contributed by atoms with Gasteiger partial charge in [0.05, 0.1) is 4.91 Å².